The lowest BCUT2D eigenvalue weighted by atomic mass is 10.1. The van der Waals surface area contributed by atoms with Crippen molar-refractivity contribution in [3.05, 3.63) is 66.5 Å². The number of H-pyrrole nitrogens is 1. The molecule has 1 amide bonds. The summed E-state index contributed by atoms with van der Waals surface area (Å²) in [7, 11) is 1.55. The summed E-state index contributed by atoms with van der Waals surface area (Å²) in [5, 5.41) is 8.09. The number of benzene rings is 1. The standard InChI is InChI=1S/C24H22FN7O3/c1-14(13-34-2)29-24(33)35-20-11-28-23-22(20)30-18(10-27-23)21-17-7-6-15(25)9-19(17)32(31-21)12-16-5-3-4-8-26-16/h3-11,14H,12-13H2,1-2H3,(H,27,28)(H,29,33)/t14-/m0/s1. The molecule has 4 aromatic heterocycles. The summed E-state index contributed by atoms with van der Waals surface area (Å²) in [4.78, 5) is 28.6. The maximum Gasteiger partial charge on any atom is 0.413 e. The van der Waals surface area contributed by atoms with E-state index in [9.17, 15) is 9.18 Å². The number of aromatic nitrogens is 6. The number of hydrogen-bond acceptors (Lipinski definition) is 7. The van der Waals surface area contributed by atoms with Crippen LogP contribution < -0.4 is 10.1 Å². The van der Waals surface area contributed by atoms with Crippen LogP contribution in [0.2, 0.25) is 0 Å². The molecular formula is C24H22FN7O3. The molecule has 5 aromatic rings. The van der Waals surface area contributed by atoms with Crippen LogP contribution in [0.3, 0.4) is 0 Å². The van der Waals surface area contributed by atoms with Gasteiger partial charge in [-0.1, -0.05) is 6.07 Å². The van der Waals surface area contributed by atoms with Gasteiger partial charge in [-0.3, -0.25) is 9.67 Å². The highest BCUT2D eigenvalue weighted by Crippen LogP contribution is 2.30. The second kappa shape index (κ2) is 9.47. The molecule has 2 N–H and O–H groups in total. The van der Waals surface area contributed by atoms with E-state index >= 15 is 0 Å². The van der Waals surface area contributed by atoms with Crippen molar-refractivity contribution in [2.24, 2.45) is 0 Å². The van der Waals surface area contributed by atoms with Gasteiger partial charge < -0.3 is 19.8 Å². The van der Waals surface area contributed by atoms with Crippen LogP contribution in [0, 0.1) is 5.82 Å². The SMILES string of the molecule is COC[C@H](C)NC(=O)Oc1c[nH]c2ncc(-c3nn(Cc4ccccn4)c4cc(F)ccc34)nc12. The minimum absolute atomic E-state index is 0.222. The predicted octanol–water partition coefficient (Wildman–Crippen LogP) is 3.68. The Hall–Kier alpha value is -4.38. The van der Waals surface area contributed by atoms with E-state index in [4.69, 9.17) is 14.6 Å². The number of hydrogen-bond donors (Lipinski definition) is 2. The number of carbonyl (C=O) groups is 1. The first-order valence-electron chi connectivity index (χ1n) is 10.9. The summed E-state index contributed by atoms with van der Waals surface area (Å²) in [5.41, 5.74) is 3.17. The smallest absolute Gasteiger partial charge is 0.406 e. The molecule has 178 valence electrons. The first kappa shape index (κ1) is 22.4. The Bertz CT molecular complexity index is 1500. The van der Waals surface area contributed by atoms with Crippen molar-refractivity contribution >= 4 is 28.2 Å². The Kier molecular flexibility index (Phi) is 6.06. The second-order valence-corrected chi connectivity index (χ2v) is 7.98. The van der Waals surface area contributed by atoms with Crippen LogP contribution in [0.1, 0.15) is 12.6 Å². The van der Waals surface area contributed by atoms with Crippen LogP contribution in [-0.4, -0.2) is 55.6 Å². The van der Waals surface area contributed by atoms with Gasteiger partial charge in [-0.15, -0.1) is 0 Å². The van der Waals surface area contributed by atoms with Crippen molar-refractivity contribution in [2.45, 2.75) is 19.5 Å². The van der Waals surface area contributed by atoms with E-state index in [1.807, 2.05) is 18.2 Å². The summed E-state index contributed by atoms with van der Waals surface area (Å²) in [5.74, 6) is -0.150. The average molecular weight is 475 g/mol. The third kappa shape index (κ3) is 4.66. The molecule has 0 bridgehead atoms. The van der Waals surface area contributed by atoms with E-state index in [2.05, 4.69) is 25.3 Å². The van der Waals surface area contributed by atoms with Gasteiger partial charge in [-0.05, 0) is 37.3 Å². The van der Waals surface area contributed by atoms with E-state index < -0.39 is 6.09 Å². The van der Waals surface area contributed by atoms with E-state index in [1.54, 1.807) is 37.2 Å². The summed E-state index contributed by atoms with van der Waals surface area (Å²) < 4.78 is 26.2. The average Bonchev–Trinajstić information content (AvgIpc) is 3.40. The monoisotopic (exact) mass is 475 g/mol. The van der Waals surface area contributed by atoms with Crippen molar-refractivity contribution in [2.75, 3.05) is 13.7 Å². The van der Waals surface area contributed by atoms with Gasteiger partial charge in [0.1, 0.15) is 17.2 Å². The highest BCUT2D eigenvalue weighted by Gasteiger charge is 2.19. The quantitative estimate of drug-likeness (QED) is 0.368. The summed E-state index contributed by atoms with van der Waals surface area (Å²) in [6.07, 6.45) is 4.15. The number of fused-ring (bicyclic) bond motifs is 2. The van der Waals surface area contributed by atoms with Crippen LogP contribution in [0.5, 0.6) is 5.75 Å². The highest BCUT2D eigenvalue weighted by atomic mass is 19.1. The third-order valence-corrected chi connectivity index (χ3v) is 5.32. The number of ether oxygens (including phenoxy) is 2. The molecule has 0 saturated carbocycles. The zero-order chi connectivity index (χ0) is 24.4. The van der Waals surface area contributed by atoms with E-state index in [0.717, 1.165) is 5.69 Å². The Morgan fingerprint density at radius 1 is 1.26 bits per heavy atom. The molecule has 0 aliphatic heterocycles. The van der Waals surface area contributed by atoms with Crippen LogP contribution in [0.4, 0.5) is 9.18 Å². The topological polar surface area (TPSA) is 120 Å². The van der Waals surface area contributed by atoms with Gasteiger partial charge in [0, 0.05) is 24.9 Å². The normalized spacial score (nSPS) is 12.2. The number of halogens is 1. The van der Waals surface area contributed by atoms with Crippen LogP contribution in [0.15, 0.2) is 55.0 Å². The van der Waals surface area contributed by atoms with Gasteiger partial charge in [0.2, 0.25) is 0 Å². The lowest BCUT2D eigenvalue weighted by Gasteiger charge is -2.12. The summed E-state index contributed by atoms with van der Waals surface area (Å²) >= 11 is 0. The molecule has 0 fully saturated rings. The molecule has 1 aromatic carbocycles. The molecule has 4 heterocycles. The molecule has 1 atom stereocenters. The molecule has 0 saturated heterocycles. The van der Waals surface area contributed by atoms with Crippen molar-refractivity contribution in [3.63, 3.8) is 0 Å². The molecule has 10 nitrogen and oxygen atoms in total. The number of rotatable bonds is 7. The maximum atomic E-state index is 14.1. The molecule has 0 unspecified atom stereocenters. The Labute approximate surface area is 199 Å². The van der Waals surface area contributed by atoms with Gasteiger partial charge in [0.25, 0.3) is 0 Å². The Morgan fingerprint density at radius 2 is 2.14 bits per heavy atom. The largest absolute Gasteiger partial charge is 0.413 e. The van der Waals surface area contributed by atoms with Gasteiger partial charge in [-0.2, -0.15) is 5.10 Å². The van der Waals surface area contributed by atoms with Crippen molar-refractivity contribution in [1.82, 2.24) is 35.0 Å². The number of amides is 1. The third-order valence-electron chi connectivity index (χ3n) is 5.32. The van der Waals surface area contributed by atoms with Crippen LogP contribution in [0.25, 0.3) is 33.5 Å². The fraction of sp³-hybridized carbons (Fsp3) is 0.208. The number of carbonyl (C=O) groups excluding carboxylic acids is 1. The minimum Gasteiger partial charge on any atom is -0.406 e. The van der Waals surface area contributed by atoms with E-state index in [0.29, 0.717) is 46.6 Å². The Balaban J connectivity index is 1.51. The first-order valence-corrected chi connectivity index (χ1v) is 10.9. The zero-order valence-electron chi connectivity index (χ0n) is 19.0. The molecule has 0 radical (unpaired) electrons. The first-order chi connectivity index (χ1) is 17.0. The van der Waals surface area contributed by atoms with Crippen LogP contribution in [-0.2, 0) is 11.3 Å². The van der Waals surface area contributed by atoms with Crippen molar-refractivity contribution in [1.29, 1.82) is 0 Å². The fourth-order valence-corrected chi connectivity index (χ4v) is 3.78. The lowest BCUT2D eigenvalue weighted by Crippen LogP contribution is -2.37. The molecule has 0 spiro atoms. The highest BCUT2D eigenvalue weighted by molar-refractivity contribution is 5.94. The molecule has 0 aliphatic rings. The lowest BCUT2D eigenvalue weighted by molar-refractivity contribution is 0.159. The zero-order valence-corrected chi connectivity index (χ0v) is 19.0. The number of nitrogens with zero attached hydrogens (tertiary/aromatic N) is 5. The maximum absolute atomic E-state index is 14.1. The Morgan fingerprint density at radius 3 is 2.94 bits per heavy atom. The summed E-state index contributed by atoms with van der Waals surface area (Å²) in [6, 6.07) is 9.82. The van der Waals surface area contributed by atoms with Gasteiger partial charge >= 0.3 is 6.09 Å². The molecule has 5 rings (SSSR count). The summed E-state index contributed by atoms with van der Waals surface area (Å²) in [6.45, 7) is 2.50. The fourth-order valence-electron chi connectivity index (χ4n) is 3.78. The number of pyridine rings is 1. The van der Waals surface area contributed by atoms with E-state index in [-0.39, 0.29) is 17.6 Å². The number of nitrogens with one attached hydrogen (secondary N) is 2. The van der Waals surface area contributed by atoms with Gasteiger partial charge in [-0.25, -0.2) is 19.2 Å². The van der Waals surface area contributed by atoms with Gasteiger partial charge in [0.15, 0.2) is 16.9 Å². The number of methoxy groups -OCH3 is 1. The molecule has 0 aliphatic carbocycles. The van der Waals surface area contributed by atoms with Crippen molar-refractivity contribution < 1.29 is 18.7 Å². The van der Waals surface area contributed by atoms with Crippen molar-refractivity contribution in [3.8, 4) is 17.1 Å². The number of aromatic amines is 1. The molecule has 11 heteroatoms. The van der Waals surface area contributed by atoms with Crippen LogP contribution >= 0.6 is 0 Å². The van der Waals surface area contributed by atoms with E-state index in [1.165, 1.54) is 18.3 Å². The predicted molar refractivity (Wildman–Crippen MR) is 126 cm³/mol. The minimum atomic E-state index is -0.636. The van der Waals surface area contributed by atoms with Gasteiger partial charge in [0.05, 0.1) is 36.6 Å². The second-order valence-electron chi connectivity index (χ2n) is 7.98. The molecule has 35 heavy (non-hydrogen) atoms. The molecular weight excluding hydrogens is 453 g/mol.